The largest absolute Gasteiger partial charge is 0.296 e. The van der Waals surface area contributed by atoms with Crippen molar-refractivity contribution < 1.29 is 0 Å². The molecule has 0 amide bonds. The molecule has 1 aromatic heterocycles. The molecule has 16 heavy (non-hydrogen) atoms. The summed E-state index contributed by atoms with van der Waals surface area (Å²) in [6.07, 6.45) is 0.895. The summed E-state index contributed by atoms with van der Waals surface area (Å²) in [5.74, 6) is 0.947. The lowest BCUT2D eigenvalue weighted by Crippen LogP contribution is -2.26. The summed E-state index contributed by atoms with van der Waals surface area (Å²) < 4.78 is 1.81. The van der Waals surface area contributed by atoms with Crippen molar-refractivity contribution >= 4 is 0 Å². The molecule has 0 fully saturated rings. The Morgan fingerprint density at radius 3 is 2.56 bits per heavy atom. The number of fused-ring (bicyclic) bond motifs is 1. The van der Waals surface area contributed by atoms with Crippen LogP contribution in [0.15, 0.2) is 10.9 Å². The van der Waals surface area contributed by atoms with Gasteiger partial charge in [-0.3, -0.25) is 9.36 Å². The summed E-state index contributed by atoms with van der Waals surface area (Å²) in [4.78, 5) is 16.6. The summed E-state index contributed by atoms with van der Waals surface area (Å²) >= 11 is 0. The summed E-state index contributed by atoms with van der Waals surface area (Å²) in [5.41, 5.74) is 1.11. The molecule has 0 saturated heterocycles. The predicted molar refractivity (Wildman–Crippen MR) is 64.7 cm³/mol. The Balaban J connectivity index is 2.55. The van der Waals surface area contributed by atoms with Gasteiger partial charge in [-0.2, -0.15) is 0 Å². The van der Waals surface area contributed by atoms with Crippen molar-refractivity contribution in [2.24, 2.45) is 5.41 Å². The van der Waals surface area contributed by atoms with Gasteiger partial charge in [0, 0.05) is 24.4 Å². The molecule has 2 rings (SSSR count). The van der Waals surface area contributed by atoms with Crippen molar-refractivity contribution in [2.45, 2.75) is 53.0 Å². The van der Waals surface area contributed by atoms with Crippen LogP contribution in [0.3, 0.4) is 0 Å². The normalized spacial score (nSPS) is 18.6. The van der Waals surface area contributed by atoms with Crippen LogP contribution in [-0.2, 0) is 18.4 Å². The number of rotatable bonds is 0. The van der Waals surface area contributed by atoms with Crippen LogP contribution in [-0.4, -0.2) is 9.55 Å². The van der Waals surface area contributed by atoms with Gasteiger partial charge >= 0.3 is 0 Å². The first kappa shape index (κ1) is 11.4. The molecule has 1 aromatic rings. The van der Waals surface area contributed by atoms with E-state index in [2.05, 4.69) is 39.6 Å². The van der Waals surface area contributed by atoms with E-state index in [9.17, 15) is 4.79 Å². The fourth-order valence-corrected chi connectivity index (χ4v) is 2.15. The van der Waals surface area contributed by atoms with Gasteiger partial charge in [0.15, 0.2) is 0 Å². The van der Waals surface area contributed by atoms with Gasteiger partial charge in [-0.1, -0.05) is 34.6 Å². The zero-order chi connectivity index (χ0) is 12.1. The predicted octanol–water partition coefficient (Wildman–Crippen LogP) is 2.12. The SMILES string of the molecule is CC1(C)Cc2nc(C(C)(C)C)cc(=O)n2C1. The molecular formula is C13H20N2O. The van der Waals surface area contributed by atoms with Crippen LogP contribution in [0, 0.1) is 5.41 Å². The summed E-state index contributed by atoms with van der Waals surface area (Å²) in [6.45, 7) is 11.4. The topological polar surface area (TPSA) is 34.9 Å². The van der Waals surface area contributed by atoms with Gasteiger partial charge in [0.1, 0.15) is 5.82 Å². The van der Waals surface area contributed by atoms with E-state index in [1.165, 1.54) is 0 Å². The third-order valence-electron chi connectivity index (χ3n) is 3.08. The molecule has 88 valence electrons. The van der Waals surface area contributed by atoms with Crippen LogP contribution in [0.2, 0.25) is 0 Å². The molecule has 0 atom stereocenters. The second-order valence-corrected chi connectivity index (χ2v) is 6.57. The Bertz CT molecular complexity index is 478. The zero-order valence-corrected chi connectivity index (χ0v) is 10.8. The second-order valence-electron chi connectivity index (χ2n) is 6.57. The van der Waals surface area contributed by atoms with E-state index in [4.69, 9.17) is 0 Å². The van der Waals surface area contributed by atoms with Crippen molar-refractivity contribution in [1.82, 2.24) is 9.55 Å². The Kier molecular flexibility index (Phi) is 2.26. The van der Waals surface area contributed by atoms with Gasteiger partial charge in [0.05, 0.1) is 5.69 Å². The van der Waals surface area contributed by atoms with Gasteiger partial charge < -0.3 is 0 Å². The molecule has 2 heterocycles. The van der Waals surface area contributed by atoms with Crippen LogP contribution in [0.25, 0.3) is 0 Å². The number of aromatic nitrogens is 2. The van der Waals surface area contributed by atoms with Crippen molar-refractivity contribution in [3.05, 3.63) is 27.9 Å². The third kappa shape index (κ3) is 1.91. The molecule has 3 nitrogen and oxygen atoms in total. The Morgan fingerprint density at radius 1 is 1.38 bits per heavy atom. The quantitative estimate of drug-likeness (QED) is 0.671. The molecule has 3 heteroatoms. The standard InChI is InChI=1S/C13H20N2O/c1-12(2,3)9-6-11(16)15-8-13(4,5)7-10(15)14-9/h6H,7-8H2,1-5H3. The molecule has 0 spiro atoms. The first-order valence-corrected chi connectivity index (χ1v) is 5.80. The first-order valence-electron chi connectivity index (χ1n) is 5.80. The van der Waals surface area contributed by atoms with Crippen LogP contribution < -0.4 is 5.56 Å². The van der Waals surface area contributed by atoms with E-state index in [0.717, 1.165) is 24.5 Å². The molecule has 0 saturated carbocycles. The molecule has 0 aliphatic carbocycles. The van der Waals surface area contributed by atoms with Crippen molar-refractivity contribution in [3.8, 4) is 0 Å². The van der Waals surface area contributed by atoms with Gasteiger partial charge in [0.25, 0.3) is 5.56 Å². The molecule has 1 aliphatic rings. The monoisotopic (exact) mass is 220 g/mol. The molecule has 0 radical (unpaired) electrons. The van der Waals surface area contributed by atoms with Crippen molar-refractivity contribution in [2.75, 3.05) is 0 Å². The highest BCUT2D eigenvalue weighted by molar-refractivity contribution is 5.16. The summed E-state index contributed by atoms with van der Waals surface area (Å²) in [6, 6.07) is 1.69. The van der Waals surface area contributed by atoms with Gasteiger partial charge in [-0.05, 0) is 5.41 Å². The van der Waals surface area contributed by atoms with Gasteiger partial charge in [0.2, 0.25) is 0 Å². The van der Waals surface area contributed by atoms with Crippen LogP contribution >= 0.6 is 0 Å². The van der Waals surface area contributed by atoms with E-state index in [1.54, 1.807) is 6.07 Å². The molecule has 0 aromatic carbocycles. The number of hydrogen-bond acceptors (Lipinski definition) is 2. The minimum atomic E-state index is -0.0541. The van der Waals surface area contributed by atoms with Gasteiger partial charge in [-0.25, -0.2) is 4.98 Å². The van der Waals surface area contributed by atoms with Crippen molar-refractivity contribution in [3.63, 3.8) is 0 Å². The van der Waals surface area contributed by atoms with Crippen LogP contribution in [0.1, 0.15) is 46.1 Å². The fourth-order valence-electron chi connectivity index (χ4n) is 2.15. The van der Waals surface area contributed by atoms with Crippen LogP contribution in [0.4, 0.5) is 0 Å². The highest BCUT2D eigenvalue weighted by Crippen LogP contribution is 2.30. The molecule has 0 N–H and O–H groups in total. The lowest BCUT2D eigenvalue weighted by atomic mass is 9.91. The second kappa shape index (κ2) is 3.19. The van der Waals surface area contributed by atoms with E-state index in [0.29, 0.717) is 0 Å². The maximum Gasteiger partial charge on any atom is 0.253 e. The molecule has 0 bridgehead atoms. The average molecular weight is 220 g/mol. The van der Waals surface area contributed by atoms with E-state index < -0.39 is 0 Å². The zero-order valence-electron chi connectivity index (χ0n) is 10.8. The maximum atomic E-state index is 12.0. The fraction of sp³-hybridized carbons (Fsp3) is 0.692. The minimum Gasteiger partial charge on any atom is -0.296 e. The van der Waals surface area contributed by atoms with E-state index >= 15 is 0 Å². The average Bonchev–Trinajstić information content (AvgIpc) is 2.38. The Hall–Kier alpha value is -1.12. The highest BCUT2D eigenvalue weighted by atomic mass is 16.1. The lowest BCUT2D eigenvalue weighted by molar-refractivity contribution is 0.357. The summed E-state index contributed by atoms with van der Waals surface area (Å²) in [7, 11) is 0. The van der Waals surface area contributed by atoms with Gasteiger partial charge in [-0.15, -0.1) is 0 Å². The minimum absolute atomic E-state index is 0.0541. The Labute approximate surface area is 96.5 Å². The molecule has 1 aliphatic heterocycles. The smallest absolute Gasteiger partial charge is 0.253 e. The third-order valence-corrected chi connectivity index (χ3v) is 3.08. The molecular weight excluding hydrogens is 200 g/mol. The molecule has 0 unspecified atom stereocenters. The number of hydrogen-bond donors (Lipinski definition) is 0. The highest BCUT2D eigenvalue weighted by Gasteiger charge is 2.31. The number of nitrogens with zero attached hydrogens (tertiary/aromatic N) is 2. The van der Waals surface area contributed by atoms with E-state index in [1.807, 2.05) is 4.57 Å². The van der Waals surface area contributed by atoms with Crippen LogP contribution in [0.5, 0.6) is 0 Å². The van der Waals surface area contributed by atoms with Crippen molar-refractivity contribution in [1.29, 1.82) is 0 Å². The maximum absolute atomic E-state index is 12.0. The summed E-state index contributed by atoms with van der Waals surface area (Å²) in [5, 5.41) is 0. The lowest BCUT2D eigenvalue weighted by Gasteiger charge is -2.18. The Morgan fingerprint density at radius 2 is 2.00 bits per heavy atom. The van der Waals surface area contributed by atoms with E-state index in [-0.39, 0.29) is 16.4 Å². The first-order chi connectivity index (χ1) is 7.19.